The molecular weight excluding hydrogens is 765 g/mol. The second-order valence-corrected chi connectivity index (χ2v) is 11.8. The summed E-state index contributed by atoms with van der Waals surface area (Å²) in [7, 11) is 0. The number of rotatable bonds is 3. The average Bonchev–Trinajstić information content (AvgIpc) is 3.80. The van der Waals surface area contributed by atoms with E-state index in [1.54, 1.807) is 0 Å². The first-order chi connectivity index (χ1) is 23.2. The third-order valence-corrected chi connectivity index (χ3v) is 8.94. The number of aryl methyl sites for hydroxylation is 1. The van der Waals surface area contributed by atoms with Crippen molar-refractivity contribution in [1.82, 2.24) is 9.38 Å². The fraction of sp³-hybridized carbons (Fsp3) is 0.0233. The van der Waals surface area contributed by atoms with Gasteiger partial charge >= 0.3 is 20.1 Å². The number of pyridine rings is 1. The molecule has 1 aliphatic heterocycles. The first kappa shape index (κ1) is 29.9. The molecule has 0 unspecified atom stereocenters. The molecule has 0 N–H and O–H groups in total. The number of fused-ring (bicyclic) bond motifs is 7. The van der Waals surface area contributed by atoms with Gasteiger partial charge in [-0.15, -0.1) is 66.1 Å². The number of benzene rings is 6. The Bertz CT molecular complexity index is 2510. The van der Waals surface area contributed by atoms with Crippen LogP contribution in [0.15, 0.2) is 152 Å². The van der Waals surface area contributed by atoms with E-state index in [0.717, 1.165) is 33.7 Å². The normalized spacial score (nSPS) is 12.4. The molecule has 0 bridgehead atoms. The Kier molecular flexibility index (Phi) is 7.64. The molecule has 0 saturated carbocycles. The molecule has 9 aromatic rings. The predicted octanol–water partition coefficient (Wildman–Crippen LogP) is 10.9. The Morgan fingerprint density at radius 2 is 1.33 bits per heavy atom. The van der Waals surface area contributed by atoms with E-state index in [1.807, 2.05) is 43.5 Å². The summed E-state index contributed by atoms with van der Waals surface area (Å²) in [6, 6.07) is 57.6. The van der Waals surface area contributed by atoms with Crippen LogP contribution in [0, 0.1) is 25.7 Å². The van der Waals surface area contributed by atoms with Gasteiger partial charge < -0.3 is 19.2 Å². The summed E-state index contributed by atoms with van der Waals surface area (Å²) in [5, 5.41) is 5.01. The number of aromatic nitrogens is 2. The third kappa shape index (κ3) is 4.91. The van der Waals surface area contributed by atoms with Gasteiger partial charge in [0.25, 0.3) is 0 Å². The minimum Gasteiger partial charge on any atom is -0.488 e. The maximum atomic E-state index is 4.32. The Balaban J connectivity index is 0.000000203. The van der Waals surface area contributed by atoms with E-state index in [2.05, 4.69) is 153 Å². The molecule has 0 saturated heterocycles. The van der Waals surface area contributed by atoms with Crippen molar-refractivity contribution in [1.29, 1.82) is 0 Å². The van der Waals surface area contributed by atoms with Gasteiger partial charge in [0.15, 0.2) is 0 Å². The van der Waals surface area contributed by atoms with Crippen LogP contribution in [0.5, 0.6) is 0 Å². The molecule has 5 heteroatoms. The van der Waals surface area contributed by atoms with Crippen LogP contribution in [-0.4, -0.2) is 9.38 Å². The van der Waals surface area contributed by atoms with Crippen LogP contribution in [0.25, 0.3) is 49.4 Å². The Labute approximate surface area is 293 Å². The standard InChI is InChI=1S/C31H19N3.C12H10N.Ir/c1-2-9-21(10-3-1)32-20-33(30-16-7-6-15-29(30)32)22-17-18-28-26(19-22)25-13-8-12-24-23-11-4-5-14-27(23)34(28)31(24)25;1-10-7-8-12(13-9-10)11-5-3-2-4-6-11;/h1-18,20H;2-5,7-9H,1H3;/q-2;-1;+3. The zero-order valence-electron chi connectivity index (χ0n) is 26.1. The minimum absolute atomic E-state index is 0. The van der Waals surface area contributed by atoms with E-state index in [9.17, 15) is 0 Å². The molecular formula is C43H29IrN4. The van der Waals surface area contributed by atoms with Crippen molar-refractivity contribution >= 4 is 60.8 Å². The second kappa shape index (κ2) is 12.3. The topological polar surface area (TPSA) is 23.8 Å². The number of anilines is 4. The molecule has 0 radical (unpaired) electrons. The third-order valence-electron chi connectivity index (χ3n) is 8.94. The van der Waals surface area contributed by atoms with E-state index >= 15 is 0 Å². The van der Waals surface area contributed by atoms with Gasteiger partial charge in [-0.25, -0.2) is 0 Å². The molecule has 0 atom stereocenters. The minimum atomic E-state index is 0. The summed E-state index contributed by atoms with van der Waals surface area (Å²) in [5.41, 5.74) is 11.4. The van der Waals surface area contributed by atoms with Crippen LogP contribution in [0.1, 0.15) is 5.56 Å². The summed E-state index contributed by atoms with van der Waals surface area (Å²) in [6.07, 6.45) is 1.87. The summed E-state index contributed by atoms with van der Waals surface area (Å²) in [6.45, 7) is 4.20. The van der Waals surface area contributed by atoms with Gasteiger partial charge in [-0.3, -0.25) is 0 Å². The molecule has 230 valence electrons. The van der Waals surface area contributed by atoms with Crippen molar-refractivity contribution < 1.29 is 20.1 Å². The van der Waals surface area contributed by atoms with E-state index in [4.69, 9.17) is 0 Å². The monoisotopic (exact) mass is 794 g/mol. The van der Waals surface area contributed by atoms with Crippen LogP contribution in [-0.2, 0) is 20.1 Å². The predicted molar refractivity (Wildman–Crippen MR) is 195 cm³/mol. The zero-order chi connectivity index (χ0) is 31.3. The Morgan fingerprint density at radius 1 is 0.604 bits per heavy atom. The van der Waals surface area contributed by atoms with Gasteiger partial charge in [-0.05, 0) is 59.4 Å². The summed E-state index contributed by atoms with van der Waals surface area (Å²) in [5.74, 6) is 0. The van der Waals surface area contributed by atoms with Crippen LogP contribution in [0.4, 0.5) is 22.7 Å². The molecule has 6 aromatic carbocycles. The van der Waals surface area contributed by atoms with Crippen molar-refractivity contribution in [3.8, 4) is 11.3 Å². The maximum Gasteiger partial charge on any atom is 3.00 e. The molecule has 0 spiro atoms. The number of hydrogen-bond acceptors (Lipinski definition) is 3. The maximum absolute atomic E-state index is 4.32. The molecule has 0 aliphatic carbocycles. The zero-order valence-corrected chi connectivity index (χ0v) is 28.5. The van der Waals surface area contributed by atoms with Crippen molar-refractivity contribution in [2.75, 3.05) is 9.80 Å². The largest absolute Gasteiger partial charge is 3.00 e. The molecule has 48 heavy (non-hydrogen) atoms. The van der Waals surface area contributed by atoms with Crippen molar-refractivity contribution in [3.05, 3.63) is 176 Å². The van der Waals surface area contributed by atoms with Gasteiger partial charge in [-0.1, -0.05) is 89.9 Å². The summed E-state index contributed by atoms with van der Waals surface area (Å²) < 4.78 is 2.40. The van der Waals surface area contributed by atoms with E-state index in [-0.39, 0.29) is 20.1 Å². The van der Waals surface area contributed by atoms with Crippen LogP contribution >= 0.6 is 0 Å². The fourth-order valence-corrected chi connectivity index (χ4v) is 6.76. The first-order valence-electron chi connectivity index (χ1n) is 15.8. The van der Waals surface area contributed by atoms with Crippen LogP contribution in [0.2, 0.25) is 0 Å². The average molecular weight is 794 g/mol. The Morgan fingerprint density at radius 3 is 2.12 bits per heavy atom. The molecule has 0 fully saturated rings. The second-order valence-electron chi connectivity index (χ2n) is 11.8. The van der Waals surface area contributed by atoms with Crippen molar-refractivity contribution in [2.24, 2.45) is 0 Å². The van der Waals surface area contributed by atoms with Gasteiger partial charge in [0, 0.05) is 39.7 Å². The van der Waals surface area contributed by atoms with Gasteiger partial charge in [0.1, 0.15) is 0 Å². The Hall–Kier alpha value is -5.48. The first-order valence-corrected chi connectivity index (χ1v) is 15.8. The van der Waals surface area contributed by atoms with Gasteiger partial charge in [0.05, 0.1) is 0 Å². The summed E-state index contributed by atoms with van der Waals surface area (Å²) in [4.78, 5) is 8.81. The van der Waals surface area contributed by atoms with Gasteiger partial charge in [-0.2, -0.15) is 0 Å². The number of para-hydroxylation sites is 5. The molecule has 10 rings (SSSR count). The molecule has 4 nitrogen and oxygen atoms in total. The molecule has 4 heterocycles. The molecule has 1 aliphatic rings. The van der Waals surface area contributed by atoms with Gasteiger partial charge in [0.2, 0.25) is 0 Å². The van der Waals surface area contributed by atoms with Crippen LogP contribution < -0.4 is 9.80 Å². The number of nitrogens with zero attached hydrogens (tertiary/aromatic N) is 4. The van der Waals surface area contributed by atoms with E-state index in [0.29, 0.717) is 0 Å². The smallest absolute Gasteiger partial charge is 0.488 e. The van der Waals surface area contributed by atoms with E-state index < -0.39 is 0 Å². The van der Waals surface area contributed by atoms with Crippen molar-refractivity contribution in [2.45, 2.75) is 6.92 Å². The molecule has 3 aromatic heterocycles. The van der Waals surface area contributed by atoms with Crippen molar-refractivity contribution in [3.63, 3.8) is 0 Å². The number of hydrogen-bond donors (Lipinski definition) is 0. The molecule has 0 amide bonds. The summed E-state index contributed by atoms with van der Waals surface area (Å²) >= 11 is 0. The van der Waals surface area contributed by atoms with Crippen LogP contribution in [0.3, 0.4) is 0 Å². The quantitative estimate of drug-likeness (QED) is 0.167. The SMILES string of the molecule is Cc1ccc(-c2[c-]cccc2)nc1.[Ir+3].[c-]1c(N2[CH-]N(c3ccccc3)c3ccccc32)ccc2c1c1cccc3c4ccccc4n2c13. The van der Waals surface area contributed by atoms with E-state index in [1.165, 1.54) is 44.0 Å². The fourth-order valence-electron chi connectivity index (χ4n) is 6.76.